The van der Waals surface area contributed by atoms with Crippen LogP contribution in [0.3, 0.4) is 0 Å². The van der Waals surface area contributed by atoms with Crippen molar-refractivity contribution in [3.05, 3.63) is 34.8 Å². The molecule has 0 fully saturated rings. The fourth-order valence-electron chi connectivity index (χ4n) is 1.97. The molecule has 0 atom stereocenters. The van der Waals surface area contributed by atoms with Crippen LogP contribution in [0.2, 0.25) is 4.34 Å². The van der Waals surface area contributed by atoms with E-state index in [-0.39, 0.29) is 35.4 Å². The fraction of sp³-hybridized carbons (Fsp3) is 0.188. The molecule has 126 valence electrons. The molecule has 0 unspecified atom stereocenters. The summed E-state index contributed by atoms with van der Waals surface area (Å²) in [6, 6.07) is 7.00. The zero-order valence-electron chi connectivity index (χ0n) is 12.9. The average Bonchev–Trinajstić information content (AvgIpc) is 3.14. The first-order valence-corrected chi connectivity index (χ1v) is 8.30. The third-order valence-electron chi connectivity index (χ3n) is 2.91. The first-order valence-electron chi connectivity index (χ1n) is 7.11. The summed E-state index contributed by atoms with van der Waals surface area (Å²) in [7, 11) is 0. The van der Waals surface area contributed by atoms with Crippen molar-refractivity contribution >= 4 is 58.5 Å². The number of carbonyl (C=O) groups is 1. The molecule has 0 aromatic carbocycles. The number of esters is 1. The molecule has 9 heteroatoms. The molecule has 0 radical (unpaired) electrons. The van der Waals surface area contributed by atoms with Crippen LogP contribution < -0.4 is 9.47 Å². The molecule has 0 aliphatic heterocycles. The summed E-state index contributed by atoms with van der Waals surface area (Å²) in [5, 5.41) is 0. The van der Waals surface area contributed by atoms with Crippen molar-refractivity contribution in [1.82, 2.24) is 9.97 Å². The maximum atomic E-state index is 11.3. The summed E-state index contributed by atoms with van der Waals surface area (Å²) in [6.07, 6.45) is 1.58. The molecule has 0 bridgehead atoms. The molecule has 0 saturated carbocycles. The predicted molar refractivity (Wildman–Crippen MR) is 97.7 cm³/mol. The monoisotopic (exact) mass is 388 g/mol. The molecule has 0 amide bonds. The van der Waals surface area contributed by atoms with E-state index in [0.29, 0.717) is 38.9 Å². The Morgan fingerprint density at radius 2 is 2.12 bits per heavy atom. The molecular formula is C16H14ClN2NaO4S. The summed E-state index contributed by atoms with van der Waals surface area (Å²) >= 11 is 7.27. The number of hydrogen-bond acceptors (Lipinski definition) is 7. The van der Waals surface area contributed by atoms with Gasteiger partial charge in [-0.15, -0.1) is 11.3 Å². The SMILES string of the molecule is CCOc1ccc(-c2nc(OC(C)=O)c(-c3ccc(Cl)s3)o2)cn1.[NaH]. The molecule has 3 rings (SSSR count). The summed E-state index contributed by atoms with van der Waals surface area (Å²) in [5.41, 5.74) is 0.640. The molecule has 3 aromatic rings. The van der Waals surface area contributed by atoms with Crippen molar-refractivity contribution in [1.29, 1.82) is 0 Å². The van der Waals surface area contributed by atoms with Gasteiger partial charge in [-0.3, -0.25) is 4.79 Å². The van der Waals surface area contributed by atoms with Gasteiger partial charge < -0.3 is 13.9 Å². The van der Waals surface area contributed by atoms with Crippen molar-refractivity contribution < 1.29 is 18.7 Å². The van der Waals surface area contributed by atoms with Gasteiger partial charge in [0.25, 0.3) is 5.88 Å². The first kappa shape index (κ1) is 19.9. The molecule has 0 N–H and O–H groups in total. The molecule has 0 aliphatic rings. The van der Waals surface area contributed by atoms with E-state index < -0.39 is 5.97 Å². The normalized spacial score (nSPS) is 10.2. The quantitative estimate of drug-likeness (QED) is 0.489. The number of ether oxygens (including phenoxy) is 2. The predicted octanol–water partition coefficient (Wildman–Crippen LogP) is 3.79. The number of hydrogen-bond donors (Lipinski definition) is 0. The number of aromatic nitrogens is 2. The second-order valence-electron chi connectivity index (χ2n) is 4.67. The number of rotatable bonds is 5. The van der Waals surface area contributed by atoms with E-state index in [0.717, 1.165) is 0 Å². The van der Waals surface area contributed by atoms with E-state index >= 15 is 0 Å². The summed E-state index contributed by atoms with van der Waals surface area (Å²) in [4.78, 5) is 20.5. The Balaban J connectivity index is 0.00000225. The van der Waals surface area contributed by atoms with Gasteiger partial charge in [0.05, 0.1) is 21.4 Å². The average molecular weight is 389 g/mol. The molecule has 6 nitrogen and oxygen atoms in total. The van der Waals surface area contributed by atoms with Gasteiger partial charge in [-0.1, -0.05) is 11.6 Å². The van der Waals surface area contributed by atoms with Crippen molar-refractivity contribution in [3.63, 3.8) is 0 Å². The summed E-state index contributed by atoms with van der Waals surface area (Å²) in [5.74, 6) is 0.777. The molecule has 0 saturated heterocycles. The van der Waals surface area contributed by atoms with Crippen LogP contribution in [0.1, 0.15) is 13.8 Å². The molecule has 0 spiro atoms. The van der Waals surface area contributed by atoms with Crippen molar-refractivity contribution in [2.45, 2.75) is 13.8 Å². The molecule has 0 aliphatic carbocycles. The Morgan fingerprint density at radius 3 is 2.68 bits per heavy atom. The van der Waals surface area contributed by atoms with Crippen LogP contribution in [-0.2, 0) is 4.79 Å². The van der Waals surface area contributed by atoms with Gasteiger partial charge in [-0.05, 0) is 25.1 Å². The number of carbonyl (C=O) groups excluding carboxylic acids is 1. The number of halogens is 1. The van der Waals surface area contributed by atoms with E-state index in [1.54, 1.807) is 30.5 Å². The number of pyridine rings is 1. The fourth-order valence-corrected chi connectivity index (χ4v) is 2.98. The number of thiophene rings is 1. The Morgan fingerprint density at radius 1 is 1.32 bits per heavy atom. The van der Waals surface area contributed by atoms with Gasteiger partial charge in [0.1, 0.15) is 0 Å². The van der Waals surface area contributed by atoms with Crippen molar-refractivity contribution in [2.24, 2.45) is 0 Å². The zero-order chi connectivity index (χ0) is 17.1. The van der Waals surface area contributed by atoms with Crippen LogP contribution in [0.25, 0.3) is 22.1 Å². The van der Waals surface area contributed by atoms with Gasteiger partial charge in [0.2, 0.25) is 17.5 Å². The summed E-state index contributed by atoms with van der Waals surface area (Å²) < 4.78 is 16.8. The van der Waals surface area contributed by atoms with Crippen LogP contribution in [0.15, 0.2) is 34.9 Å². The van der Waals surface area contributed by atoms with E-state index in [1.165, 1.54) is 18.3 Å². The van der Waals surface area contributed by atoms with Gasteiger partial charge >= 0.3 is 35.5 Å². The Bertz CT molecular complexity index is 863. The second-order valence-corrected chi connectivity index (χ2v) is 6.38. The molecular weight excluding hydrogens is 375 g/mol. The Kier molecular flexibility index (Phi) is 7.04. The molecule has 25 heavy (non-hydrogen) atoms. The molecule has 3 aromatic heterocycles. The summed E-state index contributed by atoms with van der Waals surface area (Å²) in [6.45, 7) is 3.72. The van der Waals surface area contributed by atoms with Crippen molar-refractivity contribution in [3.8, 4) is 33.9 Å². The van der Waals surface area contributed by atoms with Crippen LogP contribution >= 0.6 is 22.9 Å². The number of oxazole rings is 1. The first-order chi connectivity index (χ1) is 11.6. The Hall–Kier alpha value is -1.38. The number of nitrogens with zero attached hydrogens (tertiary/aromatic N) is 2. The maximum absolute atomic E-state index is 11.3. The minimum atomic E-state index is -0.483. The minimum absolute atomic E-state index is 0. The van der Waals surface area contributed by atoms with Crippen LogP contribution in [-0.4, -0.2) is 52.1 Å². The van der Waals surface area contributed by atoms with Crippen LogP contribution in [0.4, 0.5) is 0 Å². The van der Waals surface area contributed by atoms with Crippen molar-refractivity contribution in [2.75, 3.05) is 6.61 Å². The van der Waals surface area contributed by atoms with Gasteiger partial charge in [0.15, 0.2) is 0 Å². The third kappa shape index (κ3) is 4.83. The third-order valence-corrected chi connectivity index (χ3v) is 4.14. The van der Waals surface area contributed by atoms with E-state index in [2.05, 4.69) is 9.97 Å². The van der Waals surface area contributed by atoms with E-state index in [1.807, 2.05) is 6.92 Å². The van der Waals surface area contributed by atoms with E-state index in [9.17, 15) is 4.79 Å². The standard InChI is InChI=1S/C16H13ClN2O4S.Na.H/c1-3-21-13-7-4-10(8-18-13)15-19-16(22-9(2)20)14(23-15)11-5-6-12(17)24-11;;/h4-8H,3H2,1-2H3;;. The van der Waals surface area contributed by atoms with E-state index in [4.69, 9.17) is 25.5 Å². The van der Waals surface area contributed by atoms with Gasteiger partial charge in [-0.2, -0.15) is 4.98 Å². The van der Waals surface area contributed by atoms with Crippen LogP contribution in [0.5, 0.6) is 11.8 Å². The van der Waals surface area contributed by atoms with Crippen LogP contribution in [0, 0.1) is 0 Å². The van der Waals surface area contributed by atoms with Gasteiger partial charge in [0, 0.05) is 19.2 Å². The zero-order valence-corrected chi connectivity index (χ0v) is 14.5. The topological polar surface area (TPSA) is 74.5 Å². The Labute approximate surface area is 175 Å². The second kappa shape index (κ2) is 8.82. The van der Waals surface area contributed by atoms with Gasteiger partial charge in [-0.25, -0.2) is 4.98 Å². The molecule has 3 heterocycles.